The zero-order chi connectivity index (χ0) is 20.3. The number of carbonyl (C=O) groups excluding carboxylic acids is 3. The van der Waals surface area contributed by atoms with Gasteiger partial charge in [-0.15, -0.1) is 0 Å². The van der Waals surface area contributed by atoms with Crippen molar-refractivity contribution in [3.63, 3.8) is 0 Å². The van der Waals surface area contributed by atoms with Gasteiger partial charge in [0.05, 0.1) is 16.0 Å². The number of hydrogen-bond acceptors (Lipinski definition) is 3. The molecule has 1 aliphatic carbocycles. The maximum atomic E-state index is 12.4. The number of aryl methyl sites for hydroxylation is 1. The van der Waals surface area contributed by atoms with E-state index < -0.39 is 17.6 Å². The molecule has 152 valence electrons. The van der Waals surface area contributed by atoms with E-state index in [0.29, 0.717) is 22.5 Å². The van der Waals surface area contributed by atoms with Crippen LogP contribution in [0.25, 0.3) is 0 Å². The molecule has 1 aliphatic heterocycles. The van der Waals surface area contributed by atoms with Crippen LogP contribution in [0.3, 0.4) is 0 Å². The fourth-order valence-corrected chi connectivity index (χ4v) is 4.86. The number of amides is 2. The van der Waals surface area contributed by atoms with E-state index in [1.807, 2.05) is 12.1 Å². The molecular formula is C21H26Cl2N2O3. The summed E-state index contributed by atoms with van der Waals surface area (Å²) >= 11 is 11.9. The summed E-state index contributed by atoms with van der Waals surface area (Å²) in [5.74, 6) is -1.22. The van der Waals surface area contributed by atoms with Gasteiger partial charge >= 0.3 is 0 Å². The highest BCUT2D eigenvalue weighted by molar-refractivity contribution is 6.42. The molecule has 2 amide bonds. The van der Waals surface area contributed by atoms with Crippen LogP contribution < -0.4 is 5.32 Å². The molecule has 1 aromatic rings. The Balaban J connectivity index is 1.49. The molecule has 2 unspecified atom stereocenters. The number of likely N-dealkylation sites (tertiary alicyclic amines) is 1. The Hall–Kier alpha value is -1.59. The van der Waals surface area contributed by atoms with Crippen LogP contribution in [0.2, 0.25) is 10.0 Å². The van der Waals surface area contributed by atoms with Gasteiger partial charge in [-0.1, -0.05) is 42.1 Å². The third-order valence-electron chi connectivity index (χ3n) is 5.96. The number of ketones is 1. The largest absolute Gasteiger partial charge is 0.356 e. The maximum Gasteiger partial charge on any atom is 0.290 e. The second-order valence-electron chi connectivity index (χ2n) is 7.83. The van der Waals surface area contributed by atoms with Gasteiger partial charge in [0.2, 0.25) is 11.7 Å². The second kappa shape index (κ2) is 9.27. The molecule has 2 fully saturated rings. The Morgan fingerprint density at radius 2 is 1.89 bits per heavy atom. The molecule has 0 spiro atoms. The molecule has 1 heterocycles. The molecule has 1 N–H and O–H groups in total. The van der Waals surface area contributed by atoms with E-state index in [-0.39, 0.29) is 18.4 Å². The second-order valence-corrected chi connectivity index (χ2v) is 8.64. The Morgan fingerprint density at radius 1 is 1.18 bits per heavy atom. The van der Waals surface area contributed by atoms with Crippen LogP contribution in [0.1, 0.15) is 44.1 Å². The van der Waals surface area contributed by atoms with Gasteiger partial charge in [0.1, 0.15) is 0 Å². The molecular weight excluding hydrogens is 399 g/mol. The van der Waals surface area contributed by atoms with Crippen LogP contribution in [0.5, 0.6) is 0 Å². The van der Waals surface area contributed by atoms with Crippen LogP contribution in [0.15, 0.2) is 18.2 Å². The van der Waals surface area contributed by atoms with Crippen LogP contribution in [-0.4, -0.2) is 42.1 Å². The number of likely N-dealkylation sites (N-methyl/N-ethyl adjacent to an activating group) is 1. The molecule has 1 saturated heterocycles. The van der Waals surface area contributed by atoms with Crippen molar-refractivity contribution >= 4 is 40.8 Å². The average molecular weight is 425 g/mol. The van der Waals surface area contributed by atoms with Crippen LogP contribution in [0.4, 0.5) is 0 Å². The highest BCUT2D eigenvalue weighted by atomic mass is 35.5. The van der Waals surface area contributed by atoms with Crippen molar-refractivity contribution in [2.45, 2.75) is 51.0 Å². The SMILES string of the molecule is CN1C(=O)C(=O)C(CC(=O)NCCCc2ccc(Cl)c(Cl)c2)C1C1CCCC1. The summed E-state index contributed by atoms with van der Waals surface area (Å²) in [5.41, 5.74) is 1.06. The standard InChI is InChI=1S/C21H26Cl2N2O3/c1-25-19(14-6-2-3-7-14)15(20(27)21(25)28)12-18(26)24-10-4-5-13-8-9-16(22)17(23)11-13/h8-9,11,14-15,19H,2-7,10,12H2,1H3,(H,24,26). The first-order valence-corrected chi connectivity index (χ1v) is 10.7. The lowest BCUT2D eigenvalue weighted by Gasteiger charge is -2.29. The minimum atomic E-state index is -0.518. The predicted octanol–water partition coefficient (Wildman–Crippen LogP) is 3.65. The van der Waals surface area contributed by atoms with Gasteiger partial charge < -0.3 is 10.2 Å². The first-order valence-electron chi connectivity index (χ1n) is 9.90. The summed E-state index contributed by atoms with van der Waals surface area (Å²) in [6.07, 6.45) is 5.92. The van der Waals surface area contributed by atoms with E-state index in [1.54, 1.807) is 18.0 Å². The zero-order valence-electron chi connectivity index (χ0n) is 16.0. The zero-order valence-corrected chi connectivity index (χ0v) is 17.6. The van der Waals surface area contributed by atoms with Crippen molar-refractivity contribution in [2.75, 3.05) is 13.6 Å². The fraction of sp³-hybridized carbons (Fsp3) is 0.571. The number of nitrogens with one attached hydrogen (secondary N) is 1. The van der Waals surface area contributed by atoms with E-state index in [0.717, 1.165) is 44.1 Å². The van der Waals surface area contributed by atoms with E-state index in [4.69, 9.17) is 23.2 Å². The first-order chi connectivity index (χ1) is 13.4. The van der Waals surface area contributed by atoms with Gasteiger partial charge in [0, 0.05) is 26.1 Å². The van der Waals surface area contributed by atoms with Crippen molar-refractivity contribution < 1.29 is 14.4 Å². The lowest BCUT2D eigenvalue weighted by atomic mass is 9.85. The van der Waals surface area contributed by atoms with Gasteiger partial charge in [0.25, 0.3) is 5.91 Å². The maximum absolute atomic E-state index is 12.4. The highest BCUT2D eigenvalue weighted by Gasteiger charge is 2.49. The average Bonchev–Trinajstić information content (AvgIpc) is 3.26. The predicted molar refractivity (Wildman–Crippen MR) is 109 cm³/mol. The van der Waals surface area contributed by atoms with Crippen molar-refractivity contribution in [1.82, 2.24) is 10.2 Å². The van der Waals surface area contributed by atoms with Gasteiger partial charge in [-0.2, -0.15) is 0 Å². The summed E-state index contributed by atoms with van der Waals surface area (Å²) in [7, 11) is 1.69. The summed E-state index contributed by atoms with van der Waals surface area (Å²) in [5, 5.41) is 3.93. The number of rotatable bonds is 7. The van der Waals surface area contributed by atoms with Crippen LogP contribution in [-0.2, 0) is 20.8 Å². The number of halogens is 2. The monoisotopic (exact) mass is 424 g/mol. The van der Waals surface area contributed by atoms with Gasteiger partial charge in [-0.3, -0.25) is 14.4 Å². The van der Waals surface area contributed by atoms with Gasteiger partial charge in [0.15, 0.2) is 0 Å². The molecule has 2 atom stereocenters. The number of Topliss-reactive ketones (excluding diaryl/α,β-unsaturated/α-hetero) is 1. The molecule has 0 radical (unpaired) electrons. The molecule has 7 heteroatoms. The number of nitrogens with zero attached hydrogens (tertiary/aromatic N) is 1. The summed E-state index contributed by atoms with van der Waals surface area (Å²) in [6, 6.07) is 5.38. The van der Waals surface area contributed by atoms with Crippen molar-refractivity contribution in [1.29, 1.82) is 0 Å². The third-order valence-corrected chi connectivity index (χ3v) is 6.70. The van der Waals surface area contributed by atoms with E-state index in [1.165, 1.54) is 0 Å². The number of hydrogen-bond donors (Lipinski definition) is 1. The Kier molecular flexibility index (Phi) is 7.00. The van der Waals surface area contributed by atoms with Crippen LogP contribution >= 0.6 is 23.2 Å². The summed E-state index contributed by atoms with van der Waals surface area (Å²) < 4.78 is 0. The smallest absolute Gasteiger partial charge is 0.290 e. The van der Waals surface area contributed by atoms with Gasteiger partial charge in [-0.05, 0) is 49.3 Å². The Bertz CT molecular complexity index is 762. The number of benzene rings is 1. The normalized spacial score (nSPS) is 22.9. The molecule has 1 saturated carbocycles. The first kappa shape index (κ1) is 21.1. The van der Waals surface area contributed by atoms with Crippen molar-refractivity contribution in [3.05, 3.63) is 33.8 Å². The lowest BCUT2D eigenvalue weighted by molar-refractivity contribution is -0.140. The number of carbonyl (C=O) groups is 3. The minimum Gasteiger partial charge on any atom is -0.356 e. The minimum absolute atomic E-state index is 0.0862. The molecule has 1 aromatic carbocycles. The topological polar surface area (TPSA) is 66.5 Å². The quantitative estimate of drug-likeness (QED) is 0.536. The van der Waals surface area contributed by atoms with Crippen LogP contribution in [0, 0.1) is 11.8 Å². The third kappa shape index (κ3) is 4.69. The van der Waals surface area contributed by atoms with E-state index >= 15 is 0 Å². The van der Waals surface area contributed by atoms with Gasteiger partial charge in [-0.25, -0.2) is 0 Å². The molecule has 5 nitrogen and oxygen atoms in total. The Morgan fingerprint density at radius 3 is 2.57 bits per heavy atom. The summed E-state index contributed by atoms with van der Waals surface area (Å²) in [4.78, 5) is 38.5. The summed E-state index contributed by atoms with van der Waals surface area (Å²) in [6.45, 7) is 0.512. The lowest BCUT2D eigenvalue weighted by Crippen LogP contribution is -2.39. The van der Waals surface area contributed by atoms with Crippen molar-refractivity contribution in [3.8, 4) is 0 Å². The Labute approximate surface area is 175 Å². The molecule has 0 aromatic heterocycles. The van der Waals surface area contributed by atoms with E-state index in [2.05, 4.69) is 5.32 Å². The van der Waals surface area contributed by atoms with E-state index in [9.17, 15) is 14.4 Å². The fourth-order valence-electron chi connectivity index (χ4n) is 4.54. The highest BCUT2D eigenvalue weighted by Crippen LogP contribution is 2.38. The van der Waals surface area contributed by atoms with Crippen molar-refractivity contribution in [2.24, 2.45) is 11.8 Å². The molecule has 0 bridgehead atoms. The molecule has 28 heavy (non-hydrogen) atoms. The molecule has 3 rings (SSSR count). The molecule has 2 aliphatic rings.